The molecule has 0 saturated carbocycles. The molecule has 0 fully saturated rings. The van der Waals surface area contributed by atoms with Crippen LogP contribution in [0.2, 0.25) is 0 Å². The highest BCUT2D eigenvalue weighted by atomic mass is 19.4. The molecule has 10 nitrogen and oxygen atoms in total. The zero-order valence-electron chi connectivity index (χ0n) is 18.3. The van der Waals surface area contributed by atoms with Gasteiger partial charge in [0.05, 0.1) is 38.1 Å². The van der Waals surface area contributed by atoms with Crippen molar-refractivity contribution in [3.63, 3.8) is 0 Å². The number of amides is 1. The Hall–Kier alpha value is -2.96. The molecule has 0 aliphatic carbocycles. The summed E-state index contributed by atoms with van der Waals surface area (Å²) in [5, 5.41) is 7.08. The van der Waals surface area contributed by atoms with Crippen LogP contribution in [0.15, 0.2) is 12.4 Å². The molecule has 0 saturated heterocycles. The first kappa shape index (κ1) is 23.7. The van der Waals surface area contributed by atoms with Crippen molar-refractivity contribution in [2.24, 2.45) is 0 Å². The number of carbonyl (C=O) groups is 1. The number of alkyl halides is 3. The maximum absolute atomic E-state index is 12.7. The van der Waals surface area contributed by atoms with Gasteiger partial charge in [0.1, 0.15) is 23.9 Å². The Morgan fingerprint density at radius 3 is 2.59 bits per heavy atom. The van der Waals surface area contributed by atoms with Crippen molar-refractivity contribution in [2.75, 3.05) is 18.1 Å². The maximum Gasteiger partial charge on any atom is 0.434 e. The summed E-state index contributed by atoms with van der Waals surface area (Å²) in [7, 11) is 0. The van der Waals surface area contributed by atoms with Gasteiger partial charge in [-0.25, -0.2) is 24.4 Å². The van der Waals surface area contributed by atoms with Gasteiger partial charge in [-0.1, -0.05) is 0 Å². The molecule has 0 radical (unpaired) electrons. The normalized spacial score (nSPS) is 15.3. The predicted molar refractivity (Wildman–Crippen MR) is 107 cm³/mol. The quantitative estimate of drug-likeness (QED) is 0.705. The zero-order valence-corrected chi connectivity index (χ0v) is 18.3. The molecular weight excluding hydrogens is 431 g/mol. The summed E-state index contributed by atoms with van der Waals surface area (Å²) in [6.45, 7) is 8.88. The van der Waals surface area contributed by atoms with E-state index in [9.17, 15) is 18.0 Å². The van der Waals surface area contributed by atoms with Crippen molar-refractivity contribution in [2.45, 2.75) is 65.2 Å². The molecule has 1 amide bonds. The number of rotatable bonds is 6. The van der Waals surface area contributed by atoms with E-state index in [0.29, 0.717) is 37.1 Å². The number of aromatic nitrogens is 5. The summed E-state index contributed by atoms with van der Waals surface area (Å²) >= 11 is 0. The van der Waals surface area contributed by atoms with E-state index >= 15 is 0 Å². The Morgan fingerprint density at radius 2 is 1.97 bits per heavy atom. The molecule has 1 aliphatic heterocycles. The van der Waals surface area contributed by atoms with Crippen LogP contribution in [0.5, 0.6) is 0 Å². The third-order valence-corrected chi connectivity index (χ3v) is 4.32. The lowest BCUT2D eigenvalue weighted by Gasteiger charge is -2.27. The first-order valence-corrected chi connectivity index (χ1v) is 10.0. The number of halogens is 3. The summed E-state index contributed by atoms with van der Waals surface area (Å²) in [5.74, 6) is 1.47. The van der Waals surface area contributed by atoms with Crippen molar-refractivity contribution in [1.82, 2.24) is 30.0 Å². The van der Waals surface area contributed by atoms with Gasteiger partial charge in [0, 0.05) is 6.54 Å². The van der Waals surface area contributed by atoms with Gasteiger partial charge in [-0.3, -0.25) is 0 Å². The monoisotopic (exact) mass is 457 g/mol. The van der Waals surface area contributed by atoms with Crippen LogP contribution in [0.25, 0.3) is 0 Å². The molecule has 3 rings (SSSR count). The highest BCUT2D eigenvalue weighted by molar-refractivity contribution is 5.68. The SMILES string of the molecule is C[C@@H](COCc1nc2n(n1)CCN(c1cnc(C(F)(F)F)cn1)C2)NC(=O)OC(C)(C)C. The molecule has 0 bridgehead atoms. The number of carbonyl (C=O) groups excluding carboxylic acids is 1. The third kappa shape index (κ3) is 6.52. The van der Waals surface area contributed by atoms with Crippen LogP contribution in [0.4, 0.5) is 23.8 Å². The summed E-state index contributed by atoms with van der Waals surface area (Å²) in [5.41, 5.74) is -1.61. The van der Waals surface area contributed by atoms with Gasteiger partial charge in [0.25, 0.3) is 0 Å². The molecule has 0 spiro atoms. The van der Waals surface area contributed by atoms with E-state index in [1.54, 1.807) is 37.3 Å². The van der Waals surface area contributed by atoms with Crippen molar-refractivity contribution in [1.29, 1.82) is 0 Å². The largest absolute Gasteiger partial charge is 0.444 e. The lowest BCUT2D eigenvalue weighted by Crippen LogP contribution is -2.39. The predicted octanol–water partition coefficient (Wildman–Crippen LogP) is 2.54. The van der Waals surface area contributed by atoms with E-state index in [4.69, 9.17) is 9.47 Å². The topological polar surface area (TPSA) is 107 Å². The van der Waals surface area contributed by atoms with Crippen LogP contribution in [-0.2, 0) is 35.3 Å². The fraction of sp³-hybridized carbons (Fsp3) is 0.632. The second-order valence-corrected chi connectivity index (χ2v) is 8.41. The van der Waals surface area contributed by atoms with Gasteiger partial charge in [0.2, 0.25) is 0 Å². The Labute approximate surface area is 183 Å². The van der Waals surface area contributed by atoms with Gasteiger partial charge < -0.3 is 19.7 Å². The third-order valence-electron chi connectivity index (χ3n) is 4.32. The molecule has 3 heterocycles. The Morgan fingerprint density at radius 1 is 1.22 bits per heavy atom. The van der Waals surface area contributed by atoms with Gasteiger partial charge >= 0.3 is 12.3 Å². The number of hydrogen-bond donors (Lipinski definition) is 1. The smallest absolute Gasteiger partial charge is 0.434 e. The van der Waals surface area contributed by atoms with Crippen LogP contribution in [0, 0.1) is 0 Å². The maximum atomic E-state index is 12.7. The number of nitrogens with zero attached hydrogens (tertiary/aromatic N) is 6. The molecule has 13 heteroatoms. The van der Waals surface area contributed by atoms with Crippen molar-refractivity contribution < 1.29 is 27.4 Å². The Bertz CT molecular complexity index is 926. The Kier molecular flexibility index (Phi) is 6.86. The number of nitrogens with one attached hydrogen (secondary N) is 1. The average Bonchev–Trinajstić information content (AvgIpc) is 3.07. The molecule has 2 aromatic rings. The number of anilines is 1. The van der Waals surface area contributed by atoms with E-state index < -0.39 is 23.6 Å². The number of fused-ring (bicyclic) bond motifs is 1. The molecule has 32 heavy (non-hydrogen) atoms. The second kappa shape index (κ2) is 9.27. The second-order valence-electron chi connectivity index (χ2n) is 8.41. The first-order valence-electron chi connectivity index (χ1n) is 10.0. The molecule has 0 aromatic carbocycles. The lowest BCUT2D eigenvalue weighted by atomic mass is 10.2. The van der Waals surface area contributed by atoms with E-state index in [1.807, 2.05) is 0 Å². The molecule has 176 valence electrons. The van der Waals surface area contributed by atoms with E-state index in [1.165, 1.54) is 0 Å². The average molecular weight is 457 g/mol. The zero-order chi connectivity index (χ0) is 23.5. The molecule has 1 atom stereocenters. The highest BCUT2D eigenvalue weighted by Gasteiger charge is 2.33. The molecule has 1 aliphatic rings. The summed E-state index contributed by atoms with van der Waals surface area (Å²) in [4.78, 5) is 25.3. The number of alkyl carbamates (subject to hydrolysis) is 1. The van der Waals surface area contributed by atoms with Gasteiger partial charge in [0.15, 0.2) is 11.5 Å². The summed E-state index contributed by atoms with van der Waals surface area (Å²) in [6.07, 6.45) is -3.21. The fourth-order valence-corrected chi connectivity index (χ4v) is 2.95. The highest BCUT2D eigenvalue weighted by Crippen LogP contribution is 2.27. The van der Waals surface area contributed by atoms with Gasteiger partial charge in [-0.15, -0.1) is 0 Å². The van der Waals surface area contributed by atoms with Crippen molar-refractivity contribution in [3.8, 4) is 0 Å². The Balaban J connectivity index is 1.49. The minimum Gasteiger partial charge on any atom is -0.444 e. The minimum atomic E-state index is -4.53. The van der Waals surface area contributed by atoms with E-state index in [2.05, 4.69) is 25.4 Å². The minimum absolute atomic E-state index is 0.153. The van der Waals surface area contributed by atoms with E-state index in [0.717, 1.165) is 12.4 Å². The van der Waals surface area contributed by atoms with Crippen LogP contribution in [0.1, 0.15) is 45.0 Å². The fourth-order valence-electron chi connectivity index (χ4n) is 2.95. The molecule has 2 aromatic heterocycles. The summed E-state index contributed by atoms with van der Waals surface area (Å²) < 4.78 is 50.5. The molecule has 1 N–H and O–H groups in total. The van der Waals surface area contributed by atoms with Crippen LogP contribution in [0.3, 0.4) is 0 Å². The van der Waals surface area contributed by atoms with Crippen molar-refractivity contribution >= 4 is 11.9 Å². The lowest BCUT2D eigenvalue weighted by molar-refractivity contribution is -0.141. The van der Waals surface area contributed by atoms with Crippen LogP contribution < -0.4 is 10.2 Å². The van der Waals surface area contributed by atoms with Gasteiger partial charge in [-0.2, -0.15) is 18.3 Å². The van der Waals surface area contributed by atoms with E-state index in [-0.39, 0.29) is 19.3 Å². The van der Waals surface area contributed by atoms with Crippen molar-refractivity contribution in [3.05, 3.63) is 29.7 Å². The van der Waals surface area contributed by atoms with Crippen LogP contribution >= 0.6 is 0 Å². The van der Waals surface area contributed by atoms with Crippen LogP contribution in [-0.4, -0.2) is 55.6 Å². The number of ether oxygens (including phenoxy) is 2. The molecule has 0 unspecified atom stereocenters. The summed E-state index contributed by atoms with van der Waals surface area (Å²) in [6, 6.07) is -0.268. The number of hydrogen-bond acceptors (Lipinski definition) is 8. The molecular formula is C19H26F3N7O3. The van der Waals surface area contributed by atoms with Gasteiger partial charge in [-0.05, 0) is 27.7 Å². The first-order chi connectivity index (χ1) is 14.9. The standard InChI is InChI=1S/C19H26F3N7O3/c1-12(25-17(30)32-18(2,3)4)10-31-11-14-26-16-9-28(5-6-29(16)27-14)15-8-23-13(7-24-15)19(20,21)22/h7-8,12H,5-6,9-11H2,1-4H3,(H,25,30)/t12-/m0/s1.